The van der Waals surface area contributed by atoms with Crippen LogP contribution in [0.3, 0.4) is 0 Å². The Balaban J connectivity index is 2.43. The van der Waals surface area contributed by atoms with Crippen LogP contribution in [0.1, 0.15) is 37.5 Å². The zero-order valence-electron chi connectivity index (χ0n) is 16.2. The van der Waals surface area contributed by atoms with Crippen molar-refractivity contribution in [2.24, 2.45) is 17.6 Å². The molecule has 2 heterocycles. The summed E-state index contributed by atoms with van der Waals surface area (Å²) in [5, 5.41) is 9.82. The fraction of sp³-hybridized carbons (Fsp3) is 0.526. The molecule has 164 valence electrons. The van der Waals surface area contributed by atoms with Crippen LogP contribution in [0.2, 0.25) is 0 Å². The van der Waals surface area contributed by atoms with Crippen molar-refractivity contribution in [1.29, 1.82) is 5.26 Å². The Labute approximate surface area is 168 Å². The van der Waals surface area contributed by atoms with Gasteiger partial charge in [-0.15, -0.1) is 0 Å². The lowest BCUT2D eigenvalue weighted by molar-refractivity contribution is -0.143. The molecule has 0 aliphatic carbocycles. The molecular formula is C19H20F6N4O. The van der Waals surface area contributed by atoms with Crippen molar-refractivity contribution in [3.63, 3.8) is 0 Å². The Bertz CT molecular complexity index is 885. The van der Waals surface area contributed by atoms with E-state index in [0.717, 1.165) is 0 Å². The van der Waals surface area contributed by atoms with Crippen molar-refractivity contribution < 1.29 is 31.1 Å². The highest BCUT2D eigenvalue weighted by Gasteiger charge is 2.59. The minimum absolute atomic E-state index is 0.0715. The Hall–Kier alpha value is -2.45. The number of halogens is 6. The number of nitrogens with zero attached hydrogens (tertiary/aromatic N) is 1. The summed E-state index contributed by atoms with van der Waals surface area (Å²) in [6.45, 7) is 4.96. The van der Waals surface area contributed by atoms with Gasteiger partial charge in [0.2, 0.25) is 5.88 Å². The van der Waals surface area contributed by atoms with Crippen molar-refractivity contribution in [1.82, 2.24) is 10.9 Å². The van der Waals surface area contributed by atoms with E-state index >= 15 is 0 Å². The topological polar surface area (TPSA) is 83.1 Å². The minimum atomic E-state index is -5.02. The number of hydrogen-bond acceptors (Lipinski definition) is 5. The van der Waals surface area contributed by atoms with Gasteiger partial charge < -0.3 is 10.5 Å². The largest absolute Gasteiger partial charge is 0.458 e. The van der Waals surface area contributed by atoms with Gasteiger partial charge in [-0.2, -0.15) is 31.6 Å². The van der Waals surface area contributed by atoms with Gasteiger partial charge in [0.05, 0.1) is 11.1 Å². The standard InChI is InChI=1S/C19H20F6N4O/c1-8(2)17(13(7-26)15(27)30-16-14(17)9(3)28-29-16)10-4-11(18(20,21)22)6-12(5-10)19(23,24)25/h4-6,8-9,14,16,28-29H,27H2,1-3H3. The van der Waals surface area contributed by atoms with Crippen molar-refractivity contribution >= 4 is 0 Å². The summed E-state index contributed by atoms with van der Waals surface area (Å²) < 4.78 is 86.6. The molecule has 0 radical (unpaired) electrons. The molecule has 1 fully saturated rings. The van der Waals surface area contributed by atoms with Crippen LogP contribution >= 0.6 is 0 Å². The van der Waals surface area contributed by atoms with Crippen LogP contribution in [0.5, 0.6) is 0 Å². The SMILES string of the molecule is CC1NNC2OC(N)=C(C#N)C(c3cc(C(F)(F)F)cc(C(F)(F)F)c3)(C(C)C)C12. The fourth-order valence-electron chi connectivity index (χ4n) is 4.64. The molecule has 0 saturated carbocycles. The molecule has 0 spiro atoms. The van der Waals surface area contributed by atoms with Crippen LogP contribution in [0.4, 0.5) is 26.3 Å². The molecule has 0 aromatic heterocycles. The molecule has 0 bridgehead atoms. The molecule has 4 unspecified atom stereocenters. The number of allylic oxidation sites excluding steroid dienone is 1. The Kier molecular flexibility index (Phi) is 5.23. The van der Waals surface area contributed by atoms with Gasteiger partial charge in [0.15, 0.2) is 6.23 Å². The van der Waals surface area contributed by atoms with Gasteiger partial charge in [-0.3, -0.25) is 5.43 Å². The smallest absolute Gasteiger partial charge is 0.416 e. The highest BCUT2D eigenvalue weighted by Crippen LogP contribution is 2.54. The molecule has 3 rings (SSSR count). The monoisotopic (exact) mass is 434 g/mol. The van der Waals surface area contributed by atoms with E-state index in [1.807, 2.05) is 6.07 Å². The number of fused-ring (bicyclic) bond motifs is 1. The van der Waals surface area contributed by atoms with E-state index in [9.17, 15) is 31.6 Å². The van der Waals surface area contributed by atoms with Crippen molar-refractivity contribution in [3.8, 4) is 6.07 Å². The summed E-state index contributed by atoms with van der Waals surface area (Å²) in [6.07, 6.45) is -10.9. The molecule has 5 nitrogen and oxygen atoms in total. The normalized spacial score (nSPS) is 29.6. The molecule has 30 heavy (non-hydrogen) atoms. The van der Waals surface area contributed by atoms with E-state index in [4.69, 9.17) is 10.5 Å². The number of nitrogens with one attached hydrogen (secondary N) is 2. The number of nitriles is 1. The fourth-order valence-corrected chi connectivity index (χ4v) is 4.64. The predicted octanol–water partition coefficient (Wildman–Crippen LogP) is 3.78. The number of nitrogens with two attached hydrogens (primary N) is 1. The second-order valence-corrected chi connectivity index (χ2v) is 7.81. The molecule has 2 aliphatic heterocycles. The summed E-state index contributed by atoms with van der Waals surface area (Å²) in [5.41, 5.74) is 6.69. The molecule has 11 heteroatoms. The van der Waals surface area contributed by atoms with Crippen LogP contribution in [0.25, 0.3) is 0 Å². The van der Waals surface area contributed by atoms with Gasteiger partial charge in [0, 0.05) is 17.4 Å². The quantitative estimate of drug-likeness (QED) is 0.618. The number of ether oxygens (including phenoxy) is 1. The van der Waals surface area contributed by atoms with Crippen LogP contribution in [0.15, 0.2) is 29.7 Å². The molecule has 1 aromatic carbocycles. The highest BCUT2D eigenvalue weighted by molar-refractivity contribution is 5.51. The first-order valence-electron chi connectivity index (χ1n) is 9.12. The summed E-state index contributed by atoms with van der Waals surface area (Å²) >= 11 is 0. The average molecular weight is 434 g/mol. The lowest BCUT2D eigenvalue weighted by atomic mass is 9.56. The first kappa shape index (κ1) is 22.2. The third-order valence-electron chi connectivity index (χ3n) is 5.85. The molecule has 2 aliphatic rings. The maximum absolute atomic E-state index is 13.5. The summed E-state index contributed by atoms with van der Waals surface area (Å²) in [6, 6.07) is 2.86. The third-order valence-corrected chi connectivity index (χ3v) is 5.85. The minimum Gasteiger partial charge on any atom is -0.458 e. The van der Waals surface area contributed by atoms with Gasteiger partial charge in [-0.25, -0.2) is 5.43 Å². The number of hydrogen-bond donors (Lipinski definition) is 3. The number of hydrazine groups is 1. The van der Waals surface area contributed by atoms with Crippen LogP contribution < -0.4 is 16.6 Å². The summed E-state index contributed by atoms with van der Waals surface area (Å²) in [7, 11) is 0. The van der Waals surface area contributed by atoms with E-state index in [2.05, 4.69) is 10.9 Å². The predicted molar refractivity (Wildman–Crippen MR) is 93.9 cm³/mol. The second-order valence-electron chi connectivity index (χ2n) is 7.81. The lowest BCUT2D eigenvalue weighted by Gasteiger charge is -2.49. The Morgan fingerprint density at radius 1 is 1.07 bits per heavy atom. The summed E-state index contributed by atoms with van der Waals surface area (Å²) in [5.74, 6) is -1.62. The summed E-state index contributed by atoms with van der Waals surface area (Å²) in [4.78, 5) is 0. The zero-order chi connectivity index (χ0) is 22.6. The van der Waals surface area contributed by atoms with E-state index in [1.165, 1.54) is 0 Å². The second kappa shape index (κ2) is 7.06. The van der Waals surface area contributed by atoms with E-state index in [1.54, 1.807) is 20.8 Å². The van der Waals surface area contributed by atoms with Crippen molar-refractivity contribution in [3.05, 3.63) is 46.3 Å². The molecule has 4 N–H and O–H groups in total. The van der Waals surface area contributed by atoms with Crippen LogP contribution in [-0.4, -0.2) is 12.3 Å². The Morgan fingerprint density at radius 3 is 2.03 bits per heavy atom. The molecule has 1 saturated heterocycles. The Morgan fingerprint density at radius 2 is 1.60 bits per heavy atom. The number of benzene rings is 1. The average Bonchev–Trinajstić information content (AvgIpc) is 2.99. The van der Waals surface area contributed by atoms with Gasteiger partial charge in [-0.1, -0.05) is 13.8 Å². The maximum Gasteiger partial charge on any atom is 0.416 e. The van der Waals surface area contributed by atoms with Gasteiger partial charge in [0.25, 0.3) is 0 Å². The molecule has 4 atom stereocenters. The van der Waals surface area contributed by atoms with E-state index in [-0.39, 0.29) is 23.1 Å². The zero-order valence-corrected chi connectivity index (χ0v) is 16.2. The first-order valence-corrected chi connectivity index (χ1v) is 9.12. The van der Waals surface area contributed by atoms with Crippen molar-refractivity contribution in [2.45, 2.75) is 50.8 Å². The number of alkyl halides is 6. The maximum atomic E-state index is 13.5. The van der Waals surface area contributed by atoms with E-state index < -0.39 is 53.0 Å². The third kappa shape index (κ3) is 3.28. The lowest BCUT2D eigenvalue weighted by Crippen LogP contribution is -2.55. The van der Waals surface area contributed by atoms with Gasteiger partial charge in [0.1, 0.15) is 11.6 Å². The number of rotatable bonds is 2. The molecular weight excluding hydrogens is 414 g/mol. The van der Waals surface area contributed by atoms with Crippen molar-refractivity contribution in [2.75, 3.05) is 0 Å². The van der Waals surface area contributed by atoms with Gasteiger partial charge >= 0.3 is 12.4 Å². The van der Waals surface area contributed by atoms with Crippen LogP contribution in [-0.2, 0) is 22.5 Å². The van der Waals surface area contributed by atoms with Gasteiger partial charge in [-0.05, 0) is 36.6 Å². The highest BCUT2D eigenvalue weighted by atomic mass is 19.4. The molecule has 1 aromatic rings. The van der Waals surface area contributed by atoms with Crippen LogP contribution in [0, 0.1) is 23.2 Å². The molecule has 0 amide bonds. The first-order chi connectivity index (χ1) is 13.7. The van der Waals surface area contributed by atoms with E-state index in [0.29, 0.717) is 12.1 Å².